The molecule has 0 fully saturated rings. The molecular weight excluding hydrogens is 1470 g/mol. The standard InChI is InChI=1S/2C54H34N4S/c1-4-17-36(18-5-1)49-48-47(50(43-31-30-35-16-10-11-23-39(35)33-43)59-51(48)45-28-12-13-29-46(45)55-49)42-26-14-24-40(32-42)41-25-15-27-44(34-41)54-57-52(37-19-6-2-7-20-37)56-53(58-54)38-21-8-3-9-22-38;1-4-15-39(16-5-1)49-48-47(50(44-33-28-35-14-10-11-21-43(35)34-44)59-51(48)45-22-12-13-23-46(45)55-49)38-29-24-36(25-30-38)37-26-31-42(32-27-37)54-57-52(40-17-6-2-7-18-40)56-53(58-54)41-19-8-3-9-20-41/h2*1-34H. The first-order chi connectivity index (χ1) is 58.5. The molecule has 0 saturated carbocycles. The maximum Gasteiger partial charge on any atom is 0.164 e. The van der Waals surface area contributed by atoms with Gasteiger partial charge in [-0.1, -0.05) is 376 Å². The van der Waals surface area contributed by atoms with Crippen LogP contribution in [0.2, 0.25) is 0 Å². The van der Waals surface area contributed by atoms with Crippen LogP contribution in [0.4, 0.5) is 0 Å². The summed E-state index contributed by atoms with van der Waals surface area (Å²) in [4.78, 5) is 42.9. The zero-order chi connectivity index (χ0) is 78.2. The van der Waals surface area contributed by atoms with Gasteiger partial charge in [-0.3, -0.25) is 0 Å². The summed E-state index contributed by atoms with van der Waals surface area (Å²) in [5.74, 6) is 3.85. The fraction of sp³-hybridized carbons (Fsp3) is 0. The van der Waals surface area contributed by atoms with Gasteiger partial charge in [-0.05, 0) is 102 Å². The Morgan fingerprint density at radius 2 is 0.432 bits per heavy atom. The molecule has 0 atom stereocenters. The van der Waals surface area contributed by atoms with Crippen LogP contribution in [0.3, 0.4) is 0 Å². The highest BCUT2D eigenvalue weighted by Crippen LogP contribution is 2.53. The average Bonchev–Trinajstić information content (AvgIpc) is 1.58. The van der Waals surface area contributed by atoms with E-state index in [9.17, 15) is 0 Å². The number of benzene rings is 16. The van der Waals surface area contributed by atoms with E-state index in [0.29, 0.717) is 34.9 Å². The van der Waals surface area contributed by atoms with E-state index in [0.717, 1.165) is 106 Å². The lowest BCUT2D eigenvalue weighted by molar-refractivity contribution is 1.07. The fourth-order valence-corrected chi connectivity index (χ4v) is 18.7. The van der Waals surface area contributed by atoms with Crippen LogP contribution in [-0.4, -0.2) is 39.9 Å². The molecule has 6 aromatic heterocycles. The normalized spacial score (nSPS) is 11.4. The molecule has 0 aliphatic heterocycles. The predicted octanol–water partition coefficient (Wildman–Crippen LogP) is 28.9. The van der Waals surface area contributed by atoms with E-state index in [2.05, 4.69) is 291 Å². The van der Waals surface area contributed by atoms with Crippen molar-refractivity contribution >= 4 is 86.2 Å². The third-order valence-corrected chi connectivity index (χ3v) is 24.4. The van der Waals surface area contributed by atoms with E-state index in [1.165, 1.54) is 79.1 Å². The van der Waals surface area contributed by atoms with Crippen LogP contribution < -0.4 is 0 Å². The summed E-state index contributed by atoms with van der Waals surface area (Å²) in [5, 5.41) is 9.58. The fourth-order valence-electron chi connectivity index (χ4n) is 16.0. The minimum absolute atomic E-state index is 0.628. The molecule has 552 valence electrons. The third-order valence-electron chi connectivity index (χ3n) is 21.8. The van der Waals surface area contributed by atoms with Gasteiger partial charge in [0.05, 0.1) is 22.4 Å². The monoisotopic (exact) mass is 1540 g/mol. The lowest BCUT2D eigenvalue weighted by Crippen LogP contribution is -2.00. The Labute approximate surface area is 689 Å². The first-order valence-corrected chi connectivity index (χ1v) is 41.1. The molecular formula is C108H68N8S2. The maximum atomic E-state index is 5.39. The number of rotatable bonds is 14. The summed E-state index contributed by atoms with van der Waals surface area (Å²) in [5.41, 5.74) is 23.3. The molecule has 0 radical (unpaired) electrons. The number of hydrogen-bond donors (Lipinski definition) is 0. The molecule has 0 N–H and O–H groups in total. The number of fused-ring (bicyclic) bond motifs is 8. The molecule has 118 heavy (non-hydrogen) atoms. The van der Waals surface area contributed by atoms with E-state index in [1.54, 1.807) is 0 Å². The number of thiophene rings is 2. The first-order valence-electron chi connectivity index (χ1n) is 39.4. The van der Waals surface area contributed by atoms with Gasteiger partial charge in [0, 0.05) is 96.3 Å². The lowest BCUT2D eigenvalue weighted by Gasteiger charge is -2.13. The Morgan fingerprint density at radius 1 is 0.161 bits per heavy atom. The van der Waals surface area contributed by atoms with Crippen LogP contribution in [-0.2, 0) is 0 Å². The molecule has 0 amide bonds. The van der Waals surface area contributed by atoms with Crippen molar-refractivity contribution in [1.82, 2.24) is 39.9 Å². The Kier molecular flexibility index (Phi) is 18.5. The van der Waals surface area contributed by atoms with E-state index in [-0.39, 0.29) is 0 Å². The minimum atomic E-state index is 0.628. The summed E-state index contributed by atoms with van der Waals surface area (Å²) in [6.45, 7) is 0. The second-order valence-corrected chi connectivity index (χ2v) is 31.3. The minimum Gasteiger partial charge on any atom is -0.247 e. The summed E-state index contributed by atoms with van der Waals surface area (Å²) < 4.78 is 2.48. The average molecular weight is 1540 g/mol. The second-order valence-electron chi connectivity index (χ2n) is 29.2. The van der Waals surface area contributed by atoms with Gasteiger partial charge in [-0.15, -0.1) is 22.7 Å². The highest BCUT2D eigenvalue weighted by Gasteiger charge is 2.27. The largest absolute Gasteiger partial charge is 0.247 e. The summed E-state index contributed by atoms with van der Waals surface area (Å²) >= 11 is 3.72. The van der Waals surface area contributed by atoms with Crippen LogP contribution in [0.1, 0.15) is 0 Å². The summed E-state index contributed by atoms with van der Waals surface area (Å²) in [7, 11) is 0. The third kappa shape index (κ3) is 13.7. The molecule has 0 aliphatic carbocycles. The molecule has 0 bridgehead atoms. The van der Waals surface area contributed by atoms with Crippen LogP contribution in [0.25, 0.3) is 220 Å². The molecule has 8 nitrogen and oxygen atoms in total. The highest BCUT2D eigenvalue weighted by molar-refractivity contribution is 7.24. The SMILES string of the molecule is c1ccc(-c2nc(-c3ccccc3)nc(-c3ccc(-c4ccc(-c5c(-c6ccc7ccccc7c6)sc6c5c(-c5ccccc5)nc5ccccc56)cc4)cc3)n2)cc1.c1ccc(-c2nc(-c3ccccc3)nc(-c3cccc(-c4cccc(-c5c(-c6ccc7ccccc7c6)sc6c5c(-c5ccccc5)nc5ccccc56)c4)c3)n2)cc1. The maximum absolute atomic E-state index is 5.39. The molecule has 22 rings (SSSR count). The Morgan fingerprint density at radius 3 is 0.831 bits per heavy atom. The molecule has 16 aromatic carbocycles. The van der Waals surface area contributed by atoms with Gasteiger partial charge in [-0.2, -0.15) is 0 Å². The highest BCUT2D eigenvalue weighted by atomic mass is 32.1. The van der Waals surface area contributed by atoms with Crippen molar-refractivity contribution in [2.45, 2.75) is 0 Å². The van der Waals surface area contributed by atoms with Crippen molar-refractivity contribution in [1.29, 1.82) is 0 Å². The van der Waals surface area contributed by atoms with E-state index in [4.69, 9.17) is 39.9 Å². The molecule has 10 heteroatoms. The lowest BCUT2D eigenvalue weighted by atomic mass is 9.92. The van der Waals surface area contributed by atoms with Gasteiger partial charge in [-0.25, -0.2) is 39.9 Å². The van der Waals surface area contributed by atoms with E-state index >= 15 is 0 Å². The van der Waals surface area contributed by atoms with Gasteiger partial charge in [0.2, 0.25) is 0 Å². The molecule has 22 aromatic rings. The van der Waals surface area contributed by atoms with Crippen LogP contribution in [0.5, 0.6) is 0 Å². The number of pyridine rings is 2. The molecule has 0 spiro atoms. The Bertz CT molecular complexity index is 7400. The van der Waals surface area contributed by atoms with Crippen LogP contribution in [0.15, 0.2) is 413 Å². The first kappa shape index (κ1) is 70.6. The summed E-state index contributed by atoms with van der Waals surface area (Å²) in [6, 6.07) is 144. The van der Waals surface area contributed by atoms with Gasteiger partial charge in [0.15, 0.2) is 34.9 Å². The number of hydrogen-bond acceptors (Lipinski definition) is 10. The zero-order valence-corrected chi connectivity index (χ0v) is 65.3. The predicted molar refractivity (Wildman–Crippen MR) is 492 cm³/mol. The summed E-state index contributed by atoms with van der Waals surface area (Å²) in [6.07, 6.45) is 0. The van der Waals surface area contributed by atoms with Gasteiger partial charge in [0.25, 0.3) is 0 Å². The van der Waals surface area contributed by atoms with E-state index in [1.807, 2.05) is 144 Å². The van der Waals surface area contributed by atoms with Crippen LogP contribution >= 0.6 is 22.7 Å². The van der Waals surface area contributed by atoms with Crippen molar-refractivity contribution in [2.75, 3.05) is 0 Å². The van der Waals surface area contributed by atoms with Gasteiger partial charge < -0.3 is 0 Å². The van der Waals surface area contributed by atoms with Crippen molar-refractivity contribution in [2.24, 2.45) is 0 Å². The molecule has 0 aliphatic rings. The molecule has 0 unspecified atom stereocenters. The second kappa shape index (κ2) is 31.0. The number of aromatic nitrogens is 8. The molecule has 0 saturated heterocycles. The zero-order valence-electron chi connectivity index (χ0n) is 63.7. The topological polar surface area (TPSA) is 103 Å². The number of nitrogens with zero attached hydrogens (tertiary/aromatic N) is 8. The van der Waals surface area contributed by atoms with Crippen molar-refractivity contribution in [3.8, 4) is 156 Å². The Balaban J connectivity index is 0.000000147. The smallest absolute Gasteiger partial charge is 0.164 e. The van der Waals surface area contributed by atoms with E-state index < -0.39 is 0 Å². The van der Waals surface area contributed by atoms with Crippen molar-refractivity contribution in [3.05, 3.63) is 413 Å². The number of para-hydroxylation sites is 2. The van der Waals surface area contributed by atoms with Crippen molar-refractivity contribution < 1.29 is 0 Å². The van der Waals surface area contributed by atoms with Crippen LogP contribution in [0, 0.1) is 0 Å². The van der Waals surface area contributed by atoms with Gasteiger partial charge in [0.1, 0.15) is 0 Å². The van der Waals surface area contributed by atoms with Gasteiger partial charge >= 0.3 is 0 Å². The quantitative estimate of drug-likeness (QED) is 0.106. The Hall–Kier alpha value is -15.2. The van der Waals surface area contributed by atoms with Crippen molar-refractivity contribution in [3.63, 3.8) is 0 Å². The molecule has 6 heterocycles.